The SMILES string of the molecule is CCC1C(N2CCN(C(=O)C3NCNC(C)C3O)CC2)C(=O)C2NC(OC3CCCNC3)CNC2N1CC(=O)NC1CCC(C(F)(F)F)CC1Cl. The molecule has 6 aliphatic rings. The zero-order chi connectivity index (χ0) is 36.4. The first kappa shape index (κ1) is 39.0. The molecule has 5 heterocycles. The number of nitrogens with one attached hydrogen (secondary N) is 6. The van der Waals surface area contributed by atoms with E-state index in [-0.39, 0.29) is 61.6 Å². The number of ketones is 1. The molecule has 0 spiro atoms. The number of alkyl halides is 4. The fraction of sp³-hybridized carbons (Fsp3) is 0.909. The van der Waals surface area contributed by atoms with E-state index in [9.17, 15) is 32.7 Å². The molecule has 18 heteroatoms. The Bertz CT molecular complexity index is 1230. The van der Waals surface area contributed by atoms with E-state index >= 15 is 0 Å². The lowest BCUT2D eigenvalue weighted by molar-refractivity contribution is -0.182. The van der Waals surface area contributed by atoms with Gasteiger partial charge in [0, 0.05) is 64.1 Å². The molecule has 14 nitrogen and oxygen atoms in total. The summed E-state index contributed by atoms with van der Waals surface area (Å²) in [5.74, 6) is -2.02. The third kappa shape index (κ3) is 8.84. The minimum absolute atomic E-state index is 0.00634. The van der Waals surface area contributed by atoms with Crippen LogP contribution in [0.2, 0.25) is 0 Å². The summed E-state index contributed by atoms with van der Waals surface area (Å²) in [6.45, 7) is 7.88. The van der Waals surface area contributed by atoms with E-state index in [0.717, 1.165) is 25.9 Å². The highest BCUT2D eigenvalue weighted by Gasteiger charge is 2.53. The summed E-state index contributed by atoms with van der Waals surface area (Å²) in [7, 11) is 0. The minimum Gasteiger partial charge on any atom is -0.389 e. The molecule has 5 aliphatic heterocycles. The molecule has 1 aliphatic carbocycles. The van der Waals surface area contributed by atoms with Crippen LogP contribution in [0.4, 0.5) is 13.2 Å². The van der Waals surface area contributed by atoms with Crippen LogP contribution in [0.15, 0.2) is 0 Å². The molecule has 0 radical (unpaired) electrons. The molecular formula is C33H55ClF3N9O5. The van der Waals surface area contributed by atoms with E-state index in [1.54, 1.807) is 4.90 Å². The number of carbonyl (C=O) groups is 3. The molecule has 12 unspecified atom stereocenters. The number of carbonyl (C=O) groups excluding carboxylic acids is 3. The van der Waals surface area contributed by atoms with Gasteiger partial charge in [0.2, 0.25) is 11.8 Å². The Kier molecular flexibility index (Phi) is 12.8. The first-order chi connectivity index (χ1) is 24.3. The average Bonchev–Trinajstić information content (AvgIpc) is 3.11. The number of hydrogen-bond acceptors (Lipinski definition) is 12. The number of hydrogen-bond donors (Lipinski definition) is 7. The van der Waals surface area contributed by atoms with Gasteiger partial charge in [0.05, 0.1) is 48.3 Å². The van der Waals surface area contributed by atoms with Crippen LogP contribution in [0.25, 0.3) is 0 Å². The molecule has 51 heavy (non-hydrogen) atoms. The first-order valence-corrected chi connectivity index (χ1v) is 19.1. The van der Waals surface area contributed by atoms with Crippen LogP contribution < -0.4 is 31.9 Å². The van der Waals surface area contributed by atoms with E-state index in [2.05, 4.69) is 36.8 Å². The standard InChI is InChI=1S/C33H55ClF3N9O5/c1-3-23-28(44-9-11-45(12-10-44)32(50)27-29(48)18(2)40-17-41-27)30(49)26-31(39-15-25(43-26)51-20-5-4-8-38-14-20)46(23)16-24(47)42-22-7-6-19(13-21(22)34)33(35,36)37/h18-23,25-29,31,38-41,43,48H,3-17H2,1-2H3,(H,42,47). The van der Waals surface area contributed by atoms with E-state index in [4.69, 9.17) is 16.3 Å². The van der Waals surface area contributed by atoms with Crippen molar-refractivity contribution in [2.45, 2.75) is 125 Å². The van der Waals surface area contributed by atoms with Crippen molar-refractivity contribution in [3.8, 4) is 0 Å². The van der Waals surface area contributed by atoms with Crippen molar-refractivity contribution in [1.82, 2.24) is 46.6 Å². The highest BCUT2D eigenvalue weighted by atomic mass is 35.5. The van der Waals surface area contributed by atoms with Crippen LogP contribution in [0.5, 0.6) is 0 Å². The van der Waals surface area contributed by atoms with Crippen LogP contribution in [0.3, 0.4) is 0 Å². The van der Waals surface area contributed by atoms with E-state index in [1.807, 2.05) is 18.7 Å². The molecule has 6 fully saturated rings. The van der Waals surface area contributed by atoms with Crippen LogP contribution in [-0.4, -0.2) is 169 Å². The van der Waals surface area contributed by atoms with Crippen molar-refractivity contribution in [3.63, 3.8) is 0 Å². The number of halogens is 4. The predicted molar refractivity (Wildman–Crippen MR) is 183 cm³/mol. The number of aliphatic hydroxyl groups excluding tert-OH is 1. The van der Waals surface area contributed by atoms with E-state index in [1.165, 1.54) is 0 Å². The second-order valence-corrected chi connectivity index (χ2v) is 15.6. The fourth-order valence-electron chi connectivity index (χ4n) is 8.86. The minimum atomic E-state index is -4.32. The van der Waals surface area contributed by atoms with Crippen molar-refractivity contribution in [2.75, 3.05) is 59.0 Å². The quantitative estimate of drug-likeness (QED) is 0.150. The molecule has 0 bridgehead atoms. The zero-order valence-electron chi connectivity index (χ0n) is 29.5. The molecule has 290 valence electrons. The topological polar surface area (TPSA) is 163 Å². The second kappa shape index (κ2) is 16.8. The second-order valence-electron chi connectivity index (χ2n) is 15.0. The van der Waals surface area contributed by atoms with Gasteiger partial charge in [0.1, 0.15) is 12.3 Å². The number of likely N-dealkylation sites (tertiary alicyclic amines) is 1. The first-order valence-electron chi connectivity index (χ1n) is 18.7. The number of Topliss-reactive ketones (excluding diaryl/α,β-unsaturated/α-hetero) is 1. The third-order valence-corrected chi connectivity index (χ3v) is 12.2. The number of aliphatic hydroxyl groups is 1. The zero-order valence-corrected chi connectivity index (χ0v) is 30.2. The van der Waals surface area contributed by atoms with Gasteiger partial charge >= 0.3 is 6.18 Å². The van der Waals surface area contributed by atoms with Crippen LogP contribution >= 0.6 is 11.6 Å². The Labute approximate surface area is 302 Å². The third-order valence-electron chi connectivity index (χ3n) is 11.8. The van der Waals surface area contributed by atoms with Crippen LogP contribution in [0, 0.1) is 5.92 Å². The fourth-order valence-corrected chi connectivity index (χ4v) is 9.26. The summed E-state index contributed by atoms with van der Waals surface area (Å²) >= 11 is 6.41. The molecule has 5 saturated heterocycles. The average molecular weight is 750 g/mol. The number of nitrogens with zero attached hydrogens (tertiary/aromatic N) is 3. The van der Waals surface area contributed by atoms with Gasteiger partial charge in [-0.05, 0) is 52.0 Å². The summed E-state index contributed by atoms with van der Waals surface area (Å²) in [6, 6.07) is -3.17. The molecular weight excluding hydrogens is 695 g/mol. The van der Waals surface area contributed by atoms with Gasteiger partial charge in [-0.3, -0.25) is 45.5 Å². The molecule has 0 aromatic carbocycles. The molecule has 12 atom stereocenters. The maximum absolute atomic E-state index is 14.5. The van der Waals surface area contributed by atoms with Gasteiger partial charge in [-0.2, -0.15) is 13.2 Å². The largest absolute Gasteiger partial charge is 0.391 e. The number of piperidine rings is 2. The van der Waals surface area contributed by atoms with Gasteiger partial charge in [-0.15, -0.1) is 11.6 Å². The number of ether oxygens (including phenoxy) is 1. The Balaban J connectivity index is 1.16. The number of amides is 2. The van der Waals surface area contributed by atoms with Gasteiger partial charge in [-0.1, -0.05) is 6.92 Å². The lowest BCUT2D eigenvalue weighted by Crippen LogP contribution is -2.80. The van der Waals surface area contributed by atoms with Gasteiger partial charge < -0.3 is 25.4 Å². The van der Waals surface area contributed by atoms with Crippen molar-refractivity contribution in [2.24, 2.45) is 5.92 Å². The summed E-state index contributed by atoms with van der Waals surface area (Å²) < 4.78 is 46.5. The highest BCUT2D eigenvalue weighted by Crippen LogP contribution is 2.39. The van der Waals surface area contributed by atoms with Crippen LogP contribution in [-0.2, 0) is 19.1 Å². The van der Waals surface area contributed by atoms with Gasteiger partial charge in [-0.25, -0.2) is 0 Å². The monoisotopic (exact) mass is 749 g/mol. The van der Waals surface area contributed by atoms with E-state index < -0.39 is 60.1 Å². The molecule has 0 aromatic heterocycles. The van der Waals surface area contributed by atoms with E-state index in [0.29, 0.717) is 45.8 Å². The molecule has 7 N–H and O–H groups in total. The van der Waals surface area contributed by atoms with Crippen molar-refractivity contribution in [1.29, 1.82) is 0 Å². The summed E-state index contributed by atoms with van der Waals surface area (Å²) in [5.41, 5.74) is 0. The Morgan fingerprint density at radius 2 is 1.84 bits per heavy atom. The highest BCUT2D eigenvalue weighted by molar-refractivity contribution is 6.21. The van der Waals surface area contributed by atoms with Gasteiger partial charge in [0.15, 0.2) is 5.78 Å². The number of rotatable bonds is 8. The normalized spacial score (nSPS) is 40.5. The maximum Gasteiger partial charge on any atom is 0.391 e. The molecule has 0 aromatic rings. The van der Waals surface area contributed by atoms with Crippen molar-refractivity contribution < 1.29 is 37.4 Å². The Hall–Kier alpha value is -1.67. The molecule has 2 amide bonds. The summed E-state index contributed by atoms with van der Waals surface area (Å²) in [4.78, 5) is 47.5. The Morgan fingerprint density at radius 1 is 1.08 bits per heavy atom. The van der Waals surface area contributed by atoms with Gasteiger partial charge in [0.25, 0.3) is 0 Å². The van der Waals surface area contributed by atoms with Crippen molar-refractivity contribution >= 4 is 29.2 Å². The maximum atomic E-state index is 14.5. The summed E-state index contributed by atoms with van der Waals surface area (Å²) in [6.07, 6.45) is -3.86. The molecule has 6 rings (SSSR count). The number of piperazine rings is 2. The van der Waals surface area contributed by atoms with Crippen molar-refractivity contribution in [3.05, 3.63) is 0 Å². The summed E-state index contributed by atoms with van der Waals surface area (Å²) in [5, 5.41) is 29.2. The van der Waals surface area contributed by atoms with Crippen LogP contribution in [0.1, 0.15) is 52.4 Å². The lowest BCUT2D eigenvalue weighted by atomic mass is 9.84. The smallest absolute Gasteiger partial charge is 0.389 e. The lowest BCUT2D eigenvalue weighted by Gasteiger charge is -2.55. The Morgan fingerprint density at radius 3 is 2.51 bits per heavy atom. The molecule has 1 saturated carbocycles. The number of fused-ring (bicyclic) bond motifs is 1. The predicted octanol–water partition coefficient (Wildman–Crippen LogP) is -1.13.